The molecule has 0 bridgehead atoms. The molecule has 29 heavy (non-hydrogen) atoms. The molecule has 0 radical (unpaired) electrons. The van der Waals surface area contributed by atoms with Gasteiger partial charge in [-0.2, -0.15) is 0 Å². The molecular formula is C20H13FN4OS3. The highest BCUT2D eigenvalue weighted by Gasteiger charge is 2.15. The lowest BCUT2D eigenvalue weighted by atomic mass is 10.1. The van der Waals surface area contributed by atoms with E-state index < -0.39 is 0 Å². The SMILES string of the molecule is Cc1csc2nc(CSc3ncnc4scc(-c5ccc(F)cc5)c34)cc(=O)n12. The van der Waals surface area contributed by atoms with Gasteiger partial charge in [0.2, 0.25) is 0 Å². The monoisotopic (exact) mass is 440 g/mol. The number of thiophene rings is 1. The first-order chi connectivity index (χ1) is 14.1. The Kier molecular flexibility index (Phi) is 4.65. The van der Waals surface area contributed by atoms with Crippen LogP contribution >= 0.6 is 34.4 Å². The fourth-order valence-electron chi connectivity index (χ4n) is 3.12. The topological polar surface area (TPSA) is 60.2 Å². The summed E-state index contributed by atoms with van der Waals surface area (Å²) in [6.07, 6.45) is 1.55. The molecule has 5 aromatic rings. The van der Waals surface area contributed by atoms with E-state index >= 15 is 0 Å². The maximum Gasteiger partial charge on any atom is 0.258 e. The summed E-state index contributed by atoms with van der Waals surface area (Å²) in [7, 11) is 0. The summed E-state index contributed by atoms with van der Waals surface area (Å²) in [5.74, 6) is 0.253. The molecule has 0 aliphatic carbocycles. The van der Waals surface area contributed by atoms with Crippen LogP contribution in [0.25, 0.3) is 26.3 Å². The molecule has 0 atom stereocenters. The summed E-state index contributed by atoms with van der Waals surface area (Å²) in [6.45, 7) is 1.90. The first kappa shape index (κ1) is 18.4. The van der Waals surface area contributed by atoms with E-state index in [2.05, 4.69) is 15.0 Å². The van der Waals surface area contributed by atoms with Crippen LogP contribution in [0.5, 0.6) is 0 Å². The van der Waals surface area contributed by atoms with Crippen LogP contribution in [0, 0.1) is 12.7 Å². The normalized spacial score (nSPS) is 11.5. The summed E-state index contributed by atoms with van der Waals surface area (Å²) >= 11 is 4.51. The molecule has 5 rings (SSSR count). The van der Waals surface area contributed by atoms with Crippen molar-refractivity contribution in [3.8, 4) is 11.1 Å². The van der Waals surface area contributed by atoms with Crippen LogP contribution in [0.3, 0.4) is 0 Å². The van der Waals surface area contributed by atoms with Gasteiger partial charge in [0.15, 0.2) is 4.96 Å². The lowest BCUT2D eigenvalue weighted by Gasteiger charge is -2.06. The predicted molar refractivity (Wildman–Crippen MR) is 116 cm³/mol. The lowest BCUT2D eigenvalue weighted by molar-refractivity contribution is 0.628. The van der Waals surface area contributed by atoms with Gasteiger partial charge in [-0.25, -0.2) is 19.3 Å². The first-order valence-corrected chi connectivity index (χ1v) is 11.4. The number of benzene rings is 1. The zero-order valence-electron chi connectivity index (χ0n) is 15.1. The highest BCUT2D eigenvalue weighted by Crippen LogP contribution is 2.38. The molecule has 0 saturated carbocycles. The molecule has 0 aliphatic rings. The molecule has 144 valence electrons. The molecule has 0 spiro atoms. The van der Waals surface area contributed by atoms with Crippen molar-refractivity contribution in [2.75, 3.05) is 0 Å². The number of aromatic nitrogens is 4. The van der Waals surface area contributed by atoms with Crippen LogP contribution in [-0.4, -0.2) is 19.4 Å². The van der Waals surface area contributed by atoms with Crippen LogP contribution in [0.1, 0.15) is 11.4 Å². The van der Waals surface area contributed by atoms with Gasteiger partial charge in [-0.3, -0.25) is 9.20 Å². The van der Waals surface area contributed by atoms with Crippen molar-refractivity contribution in [3.63, 3.8) is 0 Å². The maximum atomic E-state index is 13.3. The Morgan fingerprint density at radius 2 is 1.97 bits per heavy atom. The molecule has 1 aromatic carbocycles. The second-order valence-electron chi connectivity index (χ2n) is 6.38. The van der Waals surface area contributed by atoms with Crippen molar-refractivity contribution in [2.24, 2.45) is 0 Å². The van der Waals surface area contributed by atoms with Crippen molar-refractivity contribution >= 4 is 49.6 Å². The number of rotatable bonds is 4. The van der Waals surface area contributed by atoms with Gasteiger partial charge in [0, 0.05) is 33.8 Å². The summed E-state index contributed by atoms with van der Waals surface area (Å²) in [6, 6.07) is 7.99. The Morgan fingerprint density at radius 3 is 2.79 bits per heavy atom. The van der Waals surface area contributed by atoms with Gasteiger partial charge in [-0.05, 0) is 24.6 Å². The van der Waals surface area contributed by atoms with Crippen LogP contribution < -0.4 is 5.56 Å². The summed E-state index contributed by atoms with van der Waals surface area (Å²) in [4.78, 5) is 27.4. The van der Waals surface area contributed by atoms with E-state index in [-0.39, 0.29) is 11.4 Å². The Bertz CT molecular complexity index is 1410. The minimum absolute atomic E-state index is 0.0697. The highest BCUT2D eigenvalue weighted by atomic mass is 32.2. The van der Waals surface area contributed by atoms with Crippen molar-refractivity contribution < 1.29 is 4.39 Å². The van der Waals surface area contributed by atoms with Crippen LogP contribution in [-0.2, 0) is 5.75 Å². The number of thiazole rings is 1. The van der Waals surface area contributed by atoms with E-state index in [1.807, 2.05) is 17.7 Å². The molecule has 4 heterocycles. The van der Waals surface area contributed by atoms with Gasteiger partial charge in [-0.15, -0.1) is 22.7 Å². The average Bonchev–Trinajstić information content (AvgIpc) is 3.31. The maximum absolute atomic E-state index is 13.3. The quantitative estimate of drug-likeness (QED) is 0.285. The Hall–Kier alpha value is -2.62. The summed E-state index contributed by atoms with van der Waals surface area (Å²) < 4.78 is 14.9. The van der Waals surface area contributed by atoms with Gasteiger partial charge >= 0.3 is 0 Å². The largest absolute Gasteiger partial charge is 0.269 e. The third kappa shape index (κ3) is 3.35. The molecule has 0 saturated heterocycles. The van der Waals surface area contributed by atoms with E-state index in [1.54, 1.807) is 28.9 Å². The van der Waals surface area contributed by atoms with E-state index in [0.717, 1.165) is 32.1 Å². The summed E-state index contributed by atoms with van der Waals surface area (Å²) in [5.41, 5.74) is 3.43. The molecule has 0 fully saturated rings. The number of fused-ring (bicyclic) bond motifs is 2. The number of halogens is 1. The molecule has 0 unspecified atom stereocenters. The standard InChI is InChI=1S/C20H13FN4OS3/c1-11-7-29-20-24-14(6-16(26)25(11)20)8-27-18-17-15(9-28-19(17)23-10-22-18)12-2-4-13(21)5-3-12/h2-7,9-10H,8H2,1H3. The van der Waals surface area contributed by atoms with Gasteiger partial charge in [0.05, 0.1) is 11.1 Å². The van der Waals surface area contributed by atoms with Crippen molar-refractivity contribution in [1.82, 2.24) is 19.4 Å². The molecule has 9 heteroatoms. The van der Waals surface area contributed by atoms with Crippen LogP contribution in [0.15, 0.2) is 57.2 Å². The van der Waals surface area contributed by atoms with Gasteiger partial charge in [0.25, 0.3) is 5.56 Å². The summed E-state index contributed by atoms with van der Waals surface area (Å²) in [5, 5.41) is 5.70. The predicted octanol–water partition coefficient (Wildman–Crippen LogP) is 5.17. The Morgan fingerprint density at radius 1 is 1.14 bits per heavy atom. The smallest absolute Gasteiger partial charge is 0.258 e. The van der Waals surface area contributed by atoms with Gasteiger partial charge < -0.3 is 0 Å². The van der Waals surface area contributed by atoms with Crippen molar-refractivity contribution in [3.05, 3.63) is 75.0 Å². The van der Waals surface area contributed by atoms with E-state index in [1.165, 1.54) is 46.6 Å². The third-order valence-corrected chi connectivity index (χ3v) is 7.33. The highest BCUT2D eigenvalue weighted by molar-refractivity contribution is 7.98. The molecule has 4 aromatic heterocycles. The third-order valence-electron chi connectivity index (χ3n) is 4.48. The fourth-order valence-corrected chi connectivity index (χ4v) is 5.89. The second-order valence-corrected chi connectivity index (χ2v) is 9.04. The molecular weight excluding hydrogens is 427 g/mol. The number of thioether (sulfide) groups is 1. The fraction of sp³-hybridized carbons (Fsp3) is 0.100. The number of hydrogen-bond acceptors (Lipinski definition) is 7. The van der Waals surface area contributed by atoms with Crippen molar-refractivity contribution in [1.29, 1.82) is 0 Å². The molecule has 0 N–H and O–H groups in total. The van der Waals surface area contributed by atoms with E-state index in [9.17, 15) is 9.18 Å². The average molecular weight is 441 g/mol. The van der Waals surface area contributed by atoms with E-state index in [4.69, 9.17) is 0 Å². The van der Waals surface area contributed by atoms with Crippen LogP contribution in [0.2, 0.25) is 0 Å². The first-order valence-electron chi connectivity index (χ1n) is 8.68. The van der Waals surface area contributed by atoms with E-state index in [0.29, 0.717) is 16.4 Å². The zero-order chi connectivity index (χ0) is 20.0. The minimum Gasteiger partial charge on any atom is -0.269 e. The number of aryl methyl sites for hydroxylation is 1. The zero-order valence-corrected chi connectivity index (χ0v) is 17.6. The lowest BCUT2D eigenvalue weighted by Crippen LogP contribution is -2.14. The Labute approximate surface area is 176 Å². The number of nitrogens with zero attached hydrogens (tertiary/aromatic N) is 4. The number of hydrogen-bond donors (Lipinski definition) is 0. The molecule has 5 nitrogen and oxygen atoms in total. The molecule has 0 amide bonds. The van der Waals surface area contributed by atoms with Crippen LogP contribution in [0.4, 0.5) is 4.39 Å². The van der Waals surface area contributed by atoms with Gasteiger partial charge in [0.1, 0.15) is 22.0 Å². The second kappa shape index (κ2) is 7.33. The molecule has 0 aliphatic heterocycles. The van der Waals surface area contributed by atoms with Gasteiger partial charge in [-0.1, -0.05) is 23.9 Å². The van der Waals surface area contributed by atoms with Crippen molar-refractivity contribution in [2.45, 2.75) is 17.7 Å². The minimum atomic E-state index is -0.268. The Balaban J connectivity index is 1.52.